The van der Waals surface area contributed by atoms with Gasteiger partial charge in [0.15, 0.2) is 0 Å². The molecule has 0 fully saturated rings. The molecule has 0 aliphatic rings. The Balaban J connectivity index is 2.31. The molecule has 1 aromatic carbocycles. The fraction of sp³-hybridized carbons (Fsp3) is 0.250. The summed E-state index contributed by atoms with van der Waals surface area (Å²) >= 11 is 0. The Morgan fingerprint density at radius 1 is 1.40 bits per heavy atom. The van der Waals surface area contributed by atoms with E-state index < -0.39 is 5.97 Å². The van der Waals surface area contributed by atoms with Crippen LogP contribution in [0.25, 0.3) is 0 Å². The van der Waals surface area contributed by atoms with Crippen molar-refractivity contribution in [3.05, 3.63) is 47.7 Å². The quantitative estimate of drug-likeness (QED) is 0.721. The van der Waals surface area contributed by atoms with Gasteiger partial charge in [-0.25, -0.2) is 4.79 Å². The Bertz CT molecular complexity index is 344. The lowest BCUT2D eigenvalue weighted by Crippen LogP contribution is -2.15. The molecular weight excluding hydrogens is 190 g/mol. The van der Waals surface area contributed by atoms with Crippen molar-refractivity contribution in [2.75, 3.05) is 6.54 Å². The van der Waals surface area contributed by atoms with Crippen molar-refractivity contribution in [1.82, 2.24) is 5.32 Å². The average molecular weight is 205 g/mol. The Morgan fingerprint density at radius 3 is 2.67 bits per heavy atom. The van der Waals surface area contributed by atoms with Crippen LogP contribution in [0.4, 0.5) is 0 Å². The van der Waals surface area contributed by atoms with Crippen molar-refractivity contribution in [3.63, 3.8) is 0 Å². The Morgan fingerprint density at radius 2 is 2.07 bits per heavy atom. The predicted octanol–water partition coefficient (Wildman–Crippen LogP) is 1.81. The molecule has 0 aromatic heterocycles. The van der Waals surface area contributed by atoms with Crippen LogP contribution in [0.15, 0.2) is 42.1 Å². The maximum absolute atomic E-state index is 10.3. The van der Waals surface area contributed by atoms with E-state index in [4.69, 9.17) is 5.11 Å². The standard InChI is InChI=1S/C12H15NO2/c1-10(9-12(14)15)13-8-7-11-5-3-2-4-6-11/h2-6,9,13H,7-8H2,1H3,(H,14,15). The number of carboxylic acid groups (broad SMARTS) is 1. The molecule has 0 radical (unpaired) electrons. The van der Waals surface area contributed by atoms with Gasteiger partial charge in [-0.15, -0.1) is 0 Å². The first kappa shape index (κ1) is 11.3. The smallest absolute Gasteiger partial charge is 0.330 e. The summed E-state index contributed by atoms with van der Waals surface area (Å²) in [4.78, 5) is 10.3. The van der Waals surface area contributed by atoms with Gasteiger partial charge in [0.05, 0.1) is 0 Å². The largest absolute Gasteiger partial charge is 0.478 e. The summed E-state index contributed by atoms with van der Waals surface area (Å²) in [6.07, 6.45) is 2.07. The van der Waals surface area contributed by atoms with E-state index in [0.717, 1.165) is 13.0 Å². The lowest BCUT2D eigenvalue weighted by molar-refractivity contribution is -0.131. The summed E-state index contributed by atoms with van der Waals surface area (Å²) in [6.45, 7) is 2.50. The summed E-state index contributed by atoms with van der Waals surface area (Å²) in [5.41, 5.74) is 1.92. The van der Waals surface area contributed by atoms with Crippen LogP contribution in [-0.2, 0) is 11.2 Å². The van der Waals surface area contributed by atoms with Gasteiger partial charge < -0.3 is 10.4 Å². The molecule has 0 aliphatic carbocycles. The van der Waals surface area contributed by atoms with Gasteiger partial charge in [0, 0.05) is 18.3 Å². The van der Waals surface area contributed by atoms with Gasteiger partial charge in [0.1, 0.15) is 0 Å². The Hall–Kier alpha value is -1.77. The fourth-order valence-corrected chi connectivity index (χ4v) is 1.28. The lowest BCUT2D eigenvalue weighted by atomic mass is 10.1. The normalized spacial score (nSPS) is 11.1. The maximum Gasteiger partial charge on any atom is 0.330 e. The first-order valence-electron chi connectivity index (χ1n) is 4.87. The first-order valence-corrected chi connectivity index (χ1v) is 4.87. The number of allylic oxidation sites excluding steroid dienone is 1. The minimum atomic E-state index is -0.917. The third-order valence-corrected chi connectivity index (χ3v) is 2.00. The topological polar surface area (TPSA) is 49.3 Å². The van der Waals surface area contributed by atoms with Gasteiger partial charge >= 0.3 is 5.97 Å². The molecule has 1 rings (SSSR count). The van der Waals surface area contributed by atoms with Crippen LogP contribution >= 0.6 is 0 Å². The van der Waals surface area contributed by atoms with Crippen LogP contribution < -0.4 is 5.32 Å². The Labute approximate surface area is 89.4 Å². The van der Waals surface area contributed by atoms with Crippen LogP contribution in [0.3, 0.4) is 0 Å². The number of rotatable bonds is 5. The van der Waals surface area contributed by atoms with Crippen LogP contribution in [0.2, 0.25) is 0 Å². The number of benzene rings is 1. The molecule has 3 heteroatoms. The predicted molar refractivity (Wildman–Crippen MR) is 59.5 cm³/mol. The summed E-state index contributed by atoms with van der Waals surface area (Å²) in [7, 11) is 0. The third kappa shape index (κ3) is 4.86. The highest BCUT2D eigenvalue weighted by molar-refractivity contribution is 5.80. The number of hydrogen-bond donors (Lipinski definition) is 2. The third-order valence-electron chi connectivity index (χ3n) is 2.00. The number of carboxylic acids is 1. The van der Waals surface area contributed by atoms with Crippen molar-refractivity contribution < 1.29 is 9.90 Å². The second-order valence-corrected chi connectivity index (χ2v) is 3.33. The molecule has 0 spiro atoms. The molecule has 0 aliphatic heterocycles. The number of hydrogen-bond acceptors (Lipinski definition) is 2. The van der Waals surface area contributed by atoms with E-state index in [2.05, 4.69) is 17.4 Å². The molecule has 0 saturated heterocycles. The second-order valence-electron chi connectivity index (χ2n) is 3.33. The summed E-state index contributed by atoms with van der Waals surface area (Å²) < 4.78 is 0. The van der Waals surface area contributed by atoms with Crippen molar-refractivity contribution in [2.45, 2.75) is 13.3 Å². The number of aliphatic carboxylic acids is 1. The fourth-order valence-electron chi connectivity index (χ4n) is 1.28. The first-order chi connectivity index (χ1) is 7.18. The minimum Gasteiger partial charge on any atom is -0.478 e. The van der Waals surface area contributed by atoms with Crippen molar-refractivity contribution in [1.29, 1.82) is 0 Å². The summed E-state index contributed by atoms with van der Waals surface area (Å²) in [5, 5.41) is 11.5. The van der Waals surface area contributed by atoms with E-state index in [0.29, 0.717) is 5.70 Å². The van der Waals surface area contributed by atoms with E-state index in [1.165, 1.54) is 11.6 Å². The molecule has 0 atom stereocenters. The van der Waals surface area contributed by atoms with Crippen LogP contribution in [0, 0.1) is 0 Å². The zero-order chi connectivity index (χ0) is 11.1. The lowest BCUT2D eigenvalue weighted by Gasteiger charge is -2.05. The molecule has 0 bridgehead atoms. The molecule has 2 N–H and O–H groups in total. The van der Waals surface area contributed by atoms with E-state index >= 15 is 0 Å². The SMILES string of the molecule is CC(=CC(=O)O)NCCc1ccccc1. The maximum atomic E-state index is 10.3. The van der Waals surface area contributed by atoms with Gasteiger partial charge in [0.25, 0.3) is 0 Å². The molecular formula is C12H15NO2. The molecule has 0 heterocycles. The van der Waals surface area contributed by atoms with E-state index in [1.807, 2.05) is 18.2 Å². The minimum absolute atomic E-state index is 0.679. The van der Waals surface area contributed by atoms with Gasteiger partial charge in [0.2, 0.25) is 0 Å². The number of nitrogens with one attached hydrogen (secondary N) is 1. The Kier molecular flexibility index (Phi) is 4.41. The molecule has 0 unspecified atom stereocenters. The highest BCUT2D eigenvalue weighted by atomic mass is 16.4. The molecule has 0 saturated carbocycles. The van der Waals surface area contributed by atoms with E-state index in [-0.39, 0.29) is 0 Å². The number of carbonyl (C=O) groups is 1. The highest BCUT2D eigenvalue weighted by Gasteiger charge is 1.94. The van der Waals surface area contributed by atoms with Crippen LogP contribution in [0.1, 0.15) is 12.5 Å². The molecule has 1 aromatic rings. The van der Waals surface area contributed by atoms with Crippen molar-refractivity contribution in [3.8, 4) is 0 Å². The zero-order valence-corrected chi connectivity index (χ0v) is 8.73. The molecule has 3 nitrogen and oxygen atoms in total. The van der Waals surface area contributed by atoms with E-state index in [9.17, 15) is 4.79 Å². The molecule has 0 amide bonds. The highest BCUT2D eigenvalue weighted by Crippen LogP contribution is 1.98. The van der Waals surface area contributed by atoms with Gasteiger partial charge in [-0.1, -0.05) is 30.3 Å². The van der Waals surface area contributed by atoms with Gasteiger partial charge in [-0.3, -0.25) is 0 Å². The molecule has 80 valence electrons. The molecule has 15 heavy (non-hydrogen) atoms. The average Bonchev–Trinajstić information content (AvgIpc) is 2.18. The zero-order valence-electron chi connectivity index (χ0n) is 8.73. The monoisotopic (exact) mass is 205 g/mol. The van der Waals surface area contributed by atoms with Gasteiger partial charge in [-0.2, -0.15) is 0 Å². The second kappa shape index (κ2) is 5.86. The van der Waals surface area contributed by atoms with Crippen molar-refractivity contribution in [2.24, 2.45) is 0 Å². The summed E-state index contributed by atoms with van der Waals surface area (Å²) in [5.74, 6) is -0.917. The summed E-state index contributed by atoms with van der Waals surface area (Å²) in [6, 6.07) is 10.1. The van der Waals surface area contributed by atoms with Crippen LogP contribution in [-0.4, -0.2) is 17.6 Å². The van der Waals surface area contributed by atoms with E-state index in [1.54, 1.807) is 6.92 Å². The van der Waals surface area contributed by atoms with Crippen LogP contribution in [0.5, 0.6) is 0 Å². The van der Waals surface area contributed by atoms with Gasteiger partial charge in [-0.05, 0) is 18.9 Å². The van der Waals surface area contributed by atoms with Crippen molar-refractivity contribution >= 4 is 5.97 Å².